The third kappa shape index (κ3) is 6.79. The van der Waals surface area contributed by atoms with Crippen LogP contribution < -0.4 is 0 Å². The Morgan fingerprint density at radius 3 is 2.27 bits per heavy atom. The van der Waals surface area contributed by atoms with Gasteiger partial charge in [0.1, 0.15) is 0 Å². The molecule has 1 amide bonds. The molecule has 1 fully saturated rings. The van der Waals surface area contributed by atoms with Crippen LogP contribution in [0.15, 0.2) is 77.7 Å². The summed E-state index contributed by atoms with van der Waals surface area (Å²) in [6.45, 7) is 1.39. The van der Waals surface area contributed by atoms with Gasteiger partial charge in [0.2, 0.25) is 0 Å². The summed E-state index contributed by atoms with van der Waals surface area (Å²) in [5.74, 6) is -0.415. The number of carboxylic acids is 1. The largest absolute Gasteiger partial charge is 0.481 e. The Hall–Kier alpha value is -4.11. The van der Waals surface area contributed by atoms with Crippen LogP contribution in [0, 0.1) is 0 Å². The van der Waals surface area contributed by atoms with Crippen LogP contribution >= 0.6 is 0 Å². The maximum absolute atomic E-state index is 13.4. The molecule has 5 rings (SSSR count). The van der Waals surface area contributed by atoms with Gasteiger partial charge in [-0.1, -0.05) is 42.5 Å². The number of likely N-dealkylation sites (tertiary alicyclic amines) is 1. The minimum Gasteiger partial charge on any atom is -0.481 e. The lowest BCUT2D eigenvalue weighted by Gasteiger charge is -2.32. The first-order valence-corrected chi connectivity index (χ1v) is 15.8. The lowest BCUT2D eigenvalue weighted by atomic mass is 9.89. The van der Waals surface area contributed by atoms with Gasteiger partial charge < -0.3 is 10.0 Å². The normalized spacial score (nSPS) is 14.3. The smallest absolute Gasteiger partial charge is 0.303 e. The van der Waals surface area contributed by atoms with Gasteiger partial charge in [-0.25, -0.2) is 18.4 Å². The number of aromatic nitrogens is 2. The molecule has 0 aliphatic carbocycles. The second kappa shape index (κ2) is 12.2. The number of carboxylic acid groups (broad SMARTS) is 1. The summed E-state index contributed by atoms with van der Waals surface area (Å²) >= 11 is 0. The molecule has 212 valence electrons. The van der Waals surface area contributed by atoms with Gasteiger partial charge in [-0.05, 0) is 73.9 Å². The Morgan fingerprint density at radius 2 is 1.61 bits per heavy atom. The van der Waals surface area contributed by atoms with E-state index in [2.05, 4.69) is 24.3 Å². The summed E-state index contributed by atoms with van der Waals surface area (Å²) in [5, 5.41) is 9.03. The van der Waals surface area contributed by atoms with Crippen molar-refractivity contribution in [2.24, 2.45) is 0 Å². The van der Waals surface area contributed by atoms with Crippen LogP contribution in [0.5, 0.6) is 0 Å². The Balaban J connectivity index is 1.40. The molecule has 0 atom stereocenters. The molecule has 9 heteroatoms. The molecule has 0 spiro atoms. The molecule has 1 aliphatic heterocycles. The standard InChI is InChI=1S/C32H33N3O5S/c1-41(39,40)26-14-11-24(12-15-26)31-28(9-5-6-10-30(36)37)33-29-21-25(13-16-27(29)34-31)32(38)35-19-17-23(18-20-35)22-7-3-2-4-8-22/h2-4,7-8,11-16,21,23H,5-6,9-10,17-20H2,1H3,(H,36,37). The lowest BCUT2D eigenvalue weighted by Crippen LogP contribution is -2.37. The fraction of sp³-hybridized carbons (Fsp3) is 0.312. The van der Waals surface area contributed by atoms with Gasteiger partial charge in [-0.3, -0.25) is 9.59 Å². The van der Waals surface area contributed by atoms with E-state index in [0.29, 0.717) is 66.3 Å². The first-order valence-electron chi connectivity index (χ1n) is 13.9. The molecule has 1 N–H and O–H groups in total. The zero-order valence-corrected chi connectivity index (χ0v) is 23.8. The quantitative estimate of drug-likeness (QED) is 0.263. The number of hydrogen-bond acceptors (Lipinski definition) is 6. The maximum atomic E-state index is 13.4. The molecule has 1 aliphatic rings. The molecule has 41 heavy (non-hydrogen) atoms. The summed E-state index contributed by atoms with van der Waals surface area (Å²) in [5.41, 5.74) is 5.13. The van der Waals surface area contributed by atoms with Gasteiger partial charge in [0.05, 0.1) is 27.3 Å². The van der Waals surface area contributed by atoms with E-state index in [-0.39, 0.29) is 17.2 Å². The number of rotatable bonds is 9. The number of sulfone groups is 1. The third-order valence-electron chi connectivity index (χ3n) is 7.65. The van der Waals surface area contributed by atoms with Crippen LogP contribution in [0.1, 0.15) is 59.6 Å². The van der Waals surface area contributed by atoms with E-state index < -0.39 is 15.8 Å². The van der Waals surface area contributed by atoms with Crippen LogP contribution in [0.2, 0.25) is 0 Å². The Labute approximate surface area is 240 Å². The molecule has 8 nitrogen and oxygen atoms in total. The first-order chi connectivity index (χ1) is 19.7. The van der Waals surface area contributed by atoms with E-state index in [1.807, 2.05) is 11.0 Å². The molecule has 2 heterocycles. The monoisotopic (exact) mass is 571 g/mol. The number of unbranched alkanes of at least 4 members (excludes halogenated alkanes) is 1. The molecule has 4 aromatic rings. The molecular formula is C32H33N3O5S. The maximum Gasteiger partial charge on any atom is 0.303 e. The fourth-order valence-corrected chi connectivity index (χ4v) is 6.01. The summed E-state index contributed by atoms with van der Waals surface area (Å²) in [6, 6.07) is 22.3. The lowest BCUT2D eigenvalue weighted by molar-refractivity contribution is -0.137. The number of hydrogen-bond donors (Lipinski definition) is 1. The van der Waals surface area contributed by atoms with Crippen LogP contribution in [0.3, 0.4) is 0 Å². The second-order valence-electron chi connectivity index (χ2n) is 10.6. The summed E-state index contributed by atoms with van der Waals surface area (Å²) in [7, 11) is -3.34. The van der Waals surface area contributed by atoms with E-state index in [0.717, 1.165) is 24.7 Å². The second-order valence-corrected chi connectivity index (χ2v) is 12.6. The van der Waals surface area contributed by atoms with Gasteiger partial charge in [0, 0.05) is 36.9 Å². The summed E-state index contributed by atoms with van der Waals surface area (Å²) < 4.78 is 23.9. The molecular weight excluding hydrogens is 538 g/mol. The van der Waals surface area contributed by atoms with Crippen molar-refractivity contribution in [3.63, 3.8) is 0 Å². The highest BCUT2D eigenvalue weighted by Gasteiger charge is 2.25. The Bertz CT molecular complexity index is 1660. The van der Waals surface area contributed by atoms with E-state index in [9.17, 15) is 18.0 Å². The zero-order valence-electron chi connectivity index (χ0n) is 23.0. The SMILES string of the molecule is CS(=O)(=O)c1ccc(-c2nc3ccc(C(=O)N4CCC(c5ccccc5)CC4)cc3nc2CCCCC(=O)O)cc1. The van der Waals surface area contributed by atoms with Gasteiger partial charge in [-0.2, -0.15) is 0 Å². The predicted octanol–water partition coefficient (Wildman–Crippen LogP) is 5.52. The average Bonchev–Trinajstić information content (AvgIpc) is 2.98. The number of carbonyl (C=O) groups excluding carboxylic acids is 1. The van der Waals surface area contributed by atoms with Crippen molar-refractivity contribution >= 4 is 32.7 Å². The zero-order chi connectivity index (χ0) is 29.0. The van der Waals surface area contributed by atoms with Gasteiger partial charge >= 0.3 is 5.97 Å². The highest BCUT2D eigenvalue weighted by atomic mass is 32.2. The number of nitrogens with zero attached hydrogens (tertiary/aromatic N) is 3. The molecule has 0 bridgehead atoms. The number of benzene rings is 3. The minimum absolute atomic E-state index is 0.0244. The molecule has 1 saturated heterocycles. The van der Waals surface area contributed by atoms with E-state index in [4.69, 9.17) is 15.1 Å². The topological polar surface area (TPSA) is 118 Å². The first kappa shape index (κ1) is 28.4. The molecule has 0 radical (unpaired) electrons. The summed E-state index contributed by atoms with van der Waals surface area (Å²) in [4.78, 5) is 36.3. The van der Waals surface area contributed by atoms with Crippen molar-refractivity contribution in [1.82, 2.24) is 14.9 Å². The van der Waals surface area contributed by atoms with Crippen LogP contribution in [0.4, 0.5) is 0 Å². The van der Waals surface area contributed by atoms with Crippen LogP contribution in [-0.2, 0) is 21.1 Å². The van der Waals surface area contributed by atoms with Crippen molar-refractivity contribution in [3.8, 4) is 11.3 Å². The minimum atomic E-state index is -3.34. The number of fused-ring (bicyclic) bond motifs is 1. The number of piperidine rings is 1. The van der Waals surface area contributed by atoms with Crippen molar-refractivity contribution < 1.29 is 23.1 Å². The van der Waals surface area contributed by atoms with Gasteiger partial charge in [0.15, 0.2) is 9.84 Å². The molecule has 3 aromatic carbocycles. The molecule has 0 saturated carbocycles. The highest BCUT2D eigenvalue weighted by Crippen LogP contribution is 2.30. The van der Waals surface area contributed by atoms with Gasteiger partial charge in [-0.15, -0.1) is 0 Å². The van der Waals surface area contributed by atoms with Crippen molar-refractivity contribution in [3.05, 3.63) is 89.6 Å². The van der Waals surface area contributed by atoms with E-state index in [1.165, 1.54) is 5.56 Å². The number of amides is 1. The van der Waals surface area contributed by atoms with Crippen LogP contribution in [-0.4, -0.2) is 59.6 Å². The third-order valence-corrected chi connectivity index (χ3v) is 8.78. The van der Waals surface area contributed by atoms with Crippen molar-refractivity contribution in [1.29, 1.82) is 0 Å². The van der Waals surface area contributed by atoms with Crippen LogP contribution in [0.25, 0.3) is 22.3 Å². The number of carbonyl (C=O) groups is 2. The highest BCUT2D eigenvalue weighted by molar-refractivity contribution is 7.90. The Kier molecular flexibility index (Phi) is 8.44. The fourth-order valence-electron chi connectivity index (χ4n) is 5.38. The number of aryl methyl sites for hydroxylation is 1. The number of aliphatic carboxylic acids is 1. The summed E-state index contributed by atoms with van der Waals surface area (Å²) in [6.07, 6.45) is 4.69. The average molecular weight is 572 g/mol. The van der Waals surface area contributed by atoms with E-state index in [1.54, 1.807) is 42.5 Å². The molecule has 0 unspecified atom stereocenters. The van der Waals surface area contributed by atoms with Gasteiger partial charge in [0.25, 0.3) is 5.91 Å². The van der Waals surface area contributed by atoms with Crippen molar-refractivity contribution in [2.75, 3.05) is 19.3 Å². The van der Waals surface area contributed by atoms with Crippen molar-refractivity contribution in [2.45, 2.75) is 49.3 Å². The predicted molar refractivity (Wildman–Crippen MR) is 158 cm³/mol. The molecule has 1 aromatic heterocycles. The van der Waals surface area contributed by atoms with E-state index >= 15 is 0 Å². The Morgan fingerprint density at radius 1 is 0.902 bits per heavy atom.